The highest BCUT2D eigenvalue weighted by atomic mass is 32.1. The van der Waals surface area contributed by atoms with Crippen molar-refractivity contribution in [3.8, 4) is 0 Å². The highest BCUT2D eigenvalue weighted by Gasteiger charge is 2.28. The third-order valence-corrected chi connectivity index (χ3v) is 7.40. The Hall–Kier alpha value is -2.25. The van der Waals surface area contributed by atoms with E-state index in [2.05, 4.69) is 34.1 Å². The quantitative estimate of drug-likeness (QED) is 0.691. The summed E-state index contributed by atoms with van der Waals surface area (Å²) in [5, 5.41) is 0. The zero-order chi connectivity index (χ0) is 21.6. The molecule has 0 N–H and O–H groups in total. The Balaban J connectivity index is 1.20. The number of thiazole rings is 1. The first-order valence-corrected chi connectivity index (χ1v) is 12.2. The number of nitrogens with zero attached hydrogens (tertiary/aromatic N) is 4. The van der Waals surface area contributed by atoms with Crippen molar-refractivity contribution in [3.05, 3.63) is 52.0 Å². The molecule has 2 saturated heterocycles. The lowest BCUT2D eigenvalue weighted by Gasteiger charge is -2.36. The lowest BCUT2D eigenvalue weighted by atomic mass is 9.93. The van der Waals surface area contributed by atoms with E-state index in [-0.39, 0.29) is 11.8 Å². The van der Waals surface area contributed by atoms with Gasteiger partial charge in [0, 0.05) is 52.2 Å². The topological polar surface area (TPSA) is 56.8 Å². The molecule has 0 saturated carbocycles. The van der Waals surface area contributed by atoms with Crippen molar-refractivity contribution in [1.82, 2.24) is 19.7 Å². The molecule has 0 bridgehead atoms. The highest BCUT2D eigenvalue weighted by molar-refractivity contribution is 7.11. The molecule has 2 aromatic rings. The molecule has 1 aromatic heterocycles. The first-order chi connectivity index (χ1) is 15.1. The van der Waals surface area contributed by atoms with Gasteiger partial charge in [0.15, 0.2) is 0 Å². The molecule has 2 fully saturated rings. The zero-order valence-electron chi connectivity index (χ0n) is 18.3. The van der Waals surface area contributed by atoms with Crippen molar-refractivity contribution in [1.29, 1.82) is 0 Å². The molecular formula is C24H32N4O2S. The number of rotatable bonds is 6. The van der Waals surface area contributed by atoms with Gasteiger partial charge < -0.3 is 9.80 Å². The average molecular weight is 441 g/mol. The zero-order valence-corrected chi connectivity index (χ0v) is 19.1. The molecule has 2 amide bonds. The number of hydrogen-bond donors (Lipinski definition) is 0. The lowest BCUT2D eigenvalue weighted by Crippen LogP contribution is -2.48. The Morgan fingerprint density at radius 1 is 1.06 bits per heavy atom. The largest absolute Gasteiger partial charge is 0.340 e. The number of carbonyl (C=O) groups is 2. The second kappa shape index (κ2) is 10.4. The molecule has 1 atom stereocenters. The Labute approximate surface area is 188 Å². The minimum absolute atomic E-state index is 0.102. The molecule has 166 valence electrons. The summed E-state index contributed by atoms with van der Waals surface area (Å²) in [5.41, 5.74) is 3.88. The number of amides is 2. The molecule has 6 nitrogen and oxygen atoms in total. The monoisotopic (exact) mass is 440 g/mol. The van der Waals surface area contributed by atoms with Crippen molar-refractivity contribution >= 4 is 23.2 Å². The first-order valence-electron chi connectivity index (χ1n) is 11.3. The van der Waals surface area contributed by atoms with Crippen molar-refractivity contribution in [2.24, 2.45) is 5.92 Å². The number of benzene rings is 1. The smallest absolute Gasteiger partial charge is 0.265 e. The molecule has 4 rings (SSSR count). The Morgan fingerprint density at radius 2 is 1.84 bits per heavy atom. The summed E-state index contributed by atoms with van der Waals surface area (Å²) < 4.78 is 0. The van der Waals surface area contributed by atoms with Crippen LogP contribution in [0.15, 0.2) is 35.8 Å². The summed E-state index contributed by atoms with van der Waals surface area (Å²) >= 11 is 1.42. The van der Waals surface area contributed by atoms with Gasteiger partial charge in [-0.05, 0) is 37.7 Å². The predicted molar refractivity (Wildman–Crippen MR) is 123 cm³/mol. The van der Waals surface area contributed by atoms with Crippen LogP contribution in [0.5, 0.6) is 0 Å². The van der Waals surface area contributed by atoms with Crippen molar-refractivity contribution < 1.29 is 9.59 Å². The van der Waals surface area contributed by atoms with Crippen molar-refractivity contribution in [2.75, 3.05) is 39.3 Å². The fourth-order valence-corrected chi connectivity index (χ4v) is 5.39. The fraction of sp³-hybridized carbons (Fsp3) is 0.542. The second-order valence-electron chi connectivity index (χ2n) is 8.71. The molecular weight excluding hydrogens is 408 g/mol. The number of hydrogen-bond acceptors (Lipinski definition) is 5. The van der Waals surface area contributed by atoms with Gasteiger partial charge in [0.1, 0.15) is 4.88 Å². The standard InChI is InChI=1S/C24H32N4O2S/c1-19-23(31-18-25-19)24(30)28-11-5-8-21(17-28)9-10-22(29)27-14-12-26(13-15-27)16-20-6-3-2-4-7-20/h2-4,6-7,18,21H,5,8-17H2,1H3/t21-/m0/s1. The van der Waals surface area contributed by atoms with E-state index in [0.717, 1.165) is 75.6 Å². The van der Waals surface area contributed by atoms with E-state index < -0.39 is 0 Å². The first kappa shape index (κ1) is 22.0. The Morgan fingerprint density at radius 3 is 2.55 bits per heavy atom. The molecule has 3 heterocycles. The third kappa shape index (κ3) is 5.71. The highest BCUT2D eigenvalue weighted by Crippen LogP contribution is 2.25. The Kier molecular flexibility index (Phi) is 7.35. The number of carbonyl (C=O) groups excluding carboxylic acids is 2. The third-order valence-electron chi connectivity index (χ3n) is 6.49. The van der Waals surface area contributed by atoms with Gasteiger partial charge in [0.05, 0.1) is 11.2 Å². The van der Waals surface area contributed by atoms with E-state index in [1.54, 1.807) is 5.51 Å². The van der Waals surface area contributed by atoms with Crippen LogP contribution >= 0.6 is 11.3 Å². The van der Waals surface area contributed by atoms with Gasteiger partial charge in [-0.2, -0.15) is 0 Å². The SMILES string of the molecule is Cc1ncsc1C(=O)N1CCC[C@@H](CCC(=O)N2CCN(Cc3ccccc3)CC2)C1. The molecule has 0 aliphatic carbocycles. The second-order valence-corrected chi connectivity index (χ2v) is 9.56. The van der Waals surface area contributed by atoms with E-state index in [4.69, 9.17) is 0 Å². The van der Waals surface area contributed by atoms with E-state index >= 15 is 0 Å². The van der Waals surface area contributed by atoms with Crippen molar-refractivity contribution in [3.63, 3.8) is 0 Å². The fourth-order valence-electron chi connectivity index (χ4n) is 4.62. The van der Waals surface area contributed by atoms with Gasteiger partial charge in [-0.1, -0.05) is 30.3 Å². The van der Waals surface area contributed by atoms with Crippen LogP contribution in [-0.4, -0.2) is 70.8 Å². The molecule has 31 heavy (non-hydrogen) atoms. The minimum atomic E-state index is 0.102. The Bertz CT molecular complexity index is 877. The maximum atomic E-state index is 12.8. The molecule has 0 spiro atoms. The van der Waals surface area contributed by atoms with E-state index in [9.17, 15) is 9.59 Å². The minimum Gasteiger partial charge on any atom is -0.340 e. The maximum Gasteiger partial charge on any atom is 0.265 e. The number of aryl methyl sites for hydroxylation is 1. The van der Waals surface area contributed by atoms with Crippen LogP contribution < -0.4 is 0 Å². The summed E-state index contributed by atoms with van der Waals surface area (Å²) in [5.74, 6) is 0.779. The van der Waals surface area contributed by atoms with Gasteiger partial charge in [-0.3, -0.25) is 14.5 Å². The molecule has 1 aromatic carbocycles. The lowest BCUT2D eigenvalue weighted by molar-refractivity contribution is -0.133. The molecule has 2 aliphatic rings. The molecule has 2 aliphatic heterocycles. The number of piperazine rings is 1. The summed E-state index contributed by atoms with van der Waals surface area (Å²) in [6.07, 6.45) is 3.57. The van der Waals surface area contributed by atoms with Gasteiger partial charge in [0.25, 0.3) is 5.91 Å². The number of likely N-dealkylation sites (tertiary alicyclic amines) is 1. The average Bonchev–Trinajstić information content (AvgIpc) is 3.24. The van der Waals surface area contributed by atoms with E-state index in [1.165, 1.54) is 16.9 Å². The van der Waals surface area contributed by atoms with Crippen molar-refractivity contribution in [2.45, 2.75) is 39.2 Å². The van der Waals surface area contributed by atoms with Crippen LogP contribution in [0.1, 0.15) is 46.6 Å². The van der Waals surface area contributed by atoms with Crippen LogP contribution in [0.3, 0.4) is 0 Å². The predicted octanol–water partition coefficient (Wildman–Crippen LogP) is 3.43. The molecule has 7 heteroatoms. The van der Waals surface area contributed by atoms with Crippen LogP contribution in [0.2, 0.25) is 0 Å². The molecule has 0 radical (unpaired) electrons. The summed E-state index contributed by atoms with van der Waals surface area (Å²) in [4.78, 5) is 36.9. The van der Waals surface area contributed by atoms with Gasteiger partial charge in [0.2, 0.25) is 5.91 Å². The maximum absolute atomic E-state index is 12.8. The summed E-state index contributed by atoms with van der Waals surface area (Å²) in [6, 6.07) is 10.5. The van der Waals surface area contributed by atoms with Crippen LogP contribution in [-0.2, 0) is 11.3 Å². The molecule has 0 unspecified atom stereocenters. The number of aromatic nitrogens is 1. The van der Waals surface area contributed by atoms with Gasteiger partial charge in [-0.15, -0.1) is 11.3 Å². The van der Waals surface area contributed by atoms with E-state index in [0.29, 0.717) is 12.3 Å². The van der Waals surface area contributed by atoms with Crippen LogP contribution in [0, 0.1) is 12.8 Å². The summed E-state index contributed by atoms with van der Waals surface area (Å²) in [6.45, 7) is 7.90. The summed E-state index contributed by atoms with van der Waals surface area (Å²) in [7, 11) is 0. The number of piperidine rings is 1. The van der Waals surface area contributed by atoms with Crippen LogP contribution in [0.25, 0.3) is 0 Å². The van der Waals surface area contributed by atoms with Gasteiger partial charge >= 0.3 is 0 Å². The van der Waals surface area contributed by atoms with E-state index in [1.807, 2.05) is 22.8 Å². The van der Waals surface area contributed by atoms with Gasteiger partial charge in [-0.25, -0.2) is 4.98 Å². The normalized spacial score (nSPS) is 20.1. The van der Waals surface area contributed by atoms with Crippen LogP contribution in [0.4, 0.5) is 0 Å².